The van der Waals surface area contributed by atoms with Crippen LogP contribution in [-0.4, -0.2) is 5.91 Å². The SMILES string of the molecule is N#Cc1cccc(C(=O)Nc2c(N)cccc2Cl)c1. The summed E-state index contributed by atoms with van der Waals surface area (Å²) in [6, 6.07) is 13.3. The number of nitrogens with one attached hydrogen (secondary N) is 1. The molecule has 2 aromatic carbocycles. The molecule has 0 radical (unpaired) electrons. The van der Waals surface area contributed by atoms with Crippen molar-refractivity contribution in [2.45, 2.75) is 0 Å². The Morgan fingerprint density at radius 1 is 1.26 bits per heavy atom. The molecule has 1 amide bonds. The lowest BCUT2D eigenvalue weighted by atomic mass is 10.1. The van der Waals surface area contributed by atoms with Gasteiger partial charge < -0.3 is 11.1 Å². The van der Waals surface area contributed by atoms with Crippen molar-refractivity contribution in [3.8, 4) is 6.07 Å². The van der Waals surface area contributed by atoms with Gasteiger partial charge in [-0.15, -0.1) is 0 Å². The van der Waals surface area contributed by atoms with Crippen LogP contribution in [0, 0.1) is 11.3 Å². The van der Waals surface area contributed by atoms with Gasteiger partial charge in [0.05, 0.1) is 28.0 Å². The van der Waals surface area contributed by atoms with Crippen LogP contribution in [-0.2, 0) is 0 Å². The highest BCUT2D eigenvalue weighted by molar-refractivity contribution is 6.34. The summed E-state index contributed by atoms with van der Waals surface area (Å²) >= 11 is 5.97. The number of rotatable bonds is 2. The van der Waals surface area contributed by atoms with E-state index in [2.05, 4.69) is 5.32 Å². The smallest absolute Gasteiger partial charge is 0.255 e. The molecule has 0 aliphatic carbocycles. The van der Waals surface area contributed by atoms with Crippen LogP contribution in [0.3, 0.4) is 0 Å². The van der Waals surface area contributed by atoms with Crippen molar-refractivity contribution in [2.75, 3.05) is 11.1 Å². The molecule has 19 heavy (non-hydrogen) atoms. The van der Waals surface area contributed by atoms with Crippen LogP contribution in [0.2, 0.25) is 5.02 Å². The Morgan fingerprint density at radius 3 is 2.68 bits per heavy atom. The second-order valence-electron chi connectivity index (χ2n) is 3.85. The molecule has 0 unspecified atom stereocenters. The Morgan fingerprint density at radius 2 is 2.00 bits per heavy atom. The third-order valence-corrected chi connectivity index (χ3v) is 2.85. The molecule has 0 aliphatic rings. The number of amides is 1. The fraction of sp³-hybridized carbons (Fsp3) is 0. The molecule has 0 heterocycles. The number of anilines is 2. The quantitative estimate of drug-likeness (QED) is 0.824. The Kier molecular flexibility index (Phi) is 3.69. The molecule has 0 atom stereocenters. The van der Waals surface area contributed by atoms with Gasteiger partial charge in [-0.1, -0.05) is 23.7 Å². The van der Waals surface area contributed by atoms with E-state index in [0.29, 0.717) is 27.5 Å². The predicted octanol–water partition coefficient (Wildman–Crippen LogP) is 3.05. The first-order valence-electron chi connectivity index (χ1n) is 5.47. The van der Waals surface area contributed by atoms with E-state index in [1.54, 1.807) is 36.4 Å². The lowest BCUT2D eigenvalue weighted by Gasteiger charge is -2.10. The van der Waals surface area contributed by atoms with Crippen LogP contribution in [0.4, 0.5) is 11.4 Å². The number of halogens is 1. The molecule has 2 rings (SSSR count). The molecule has 3 N–H and O–H groups in total. The number of carbonyl (C=O) groups excluding carboxylic acids is 1. The van der Waals surface area contributed by atoms with Gasteiger partial charge in [0, 0.05) is 5.56 Å². The first-order chi connectivity index (χ1) is 9.11. The maximum atomic E-state index is 12.1. The van der Waals surface area contributed by atoms with Crippen LogP contribution in [0.1, 0.15) is 15.9 Å². The number of nitrogens with zero attached hydrogens (tertiary/aromatic N) is 1. The van der Waals surface area contributed by atoms with Crippen LogP contribution < -0.4 is 11.1 Å². The van der Waals surface area contributed by atoms with E-state index in [1.165, 1.54) is 6.07 Å². The number of nitriles is 1. The Labute approximate surface area is 115 Å². The van der Waals surface area contributed by atoms with Crippen molar-refractivity contribution < 1.29 is 4.79 Å². The van der Waals surface area contributed by atoms with Gasteiger partial charge in [-0.25, -0.2) is 0 Å². The van der Waals surface area contributed by atoms with Crippen LogP contribution >= 0.6 is 11.6 Å². The van der Waals surface area contributed by atoms with Gasteiger partial charge in [-0.05, 0) is 30.3 Å². The molecule has 0 aliphatic heterocycles. The topological polar surface area (TPSA) is 78.9 Å². The van der Waals surface area contributed by atoms with Crippen molar-refractivity contribution in [3.63, 3.8) is 0 Å². The summed E-state index contributed by atoms with van der Waals surface area (Å²) in [7, 11) is 0. The number of carbonyl (C=O) groups is 1. The largest absolute Gasteiger partial charge is 0.397 e. The van der Waals surface area contributed by atoms with Gasteiger partial charge in [0.2, 0.25) is 0 Å². The minimum Gasteiger partial charge on any atom is -0.397 e. The number of nitrogen functional groups attached to an aromatic ring is 1. The van der Waals surface area contributed by atoms with E-state index < -0.39 is 0 Å². The number of hydrogen-bond donors (Lipinski definition) is 2. The zero-order valence-corrected chi connectivity index (χ0v) is 10.6. The highest BCUT2D eigenvalue weighted by Gasteiger charge is 2.11. The van der Waals surface area contributed by atoms with Crippen molar-refractivity contribution in [3.05, 3.63) is 58.6 Å². The molecular weight excluding hydrogens is 262 g/mol. The first-order valence-corrected chi connectivity index (χ1v) is 5.85. The maximum Gasteiger partial charge on any atom is 0.255 e. The van der Waals surface area contributed by atoms with Crippen molar-refractivity contribution in [1.82, 2.24) is 0 Å². The van der Waals surface area contributed by atoms with E-state index in [0.717, 1.165) is 0 Å². The molecular formula is C14H10ClN3O. The Balaban J connectivity index is 2.29. The van der Waals surface area contributed by atoms with Gasteiger partial charge in [-0.3, -0.25) is 4.79 Å². The standard InChI is InChI=1S/C14H10ClN3O/c15-11-5-2-6-12(17)13(11)18-14(19)10-4-1-3-9(7-10)8-16/h1-7H,17H2,(H,18,19). The van der Waals surface area contributed by atoms with Crippen molar-refractivity contribution in [2.24, 2.45) is 0 Å². The summed E-state index contributed by atoms with van der Waals surface area (Å²) in [6.07, 6.45) is 0. The number of para-hydroxylation sites is 1. The fourth-order valence-corrected chi connectivity index (χ4v) is 1.82. The number of nitrogens with two attached hydrogens (primary N) is 1. The minimum atomic E-state index is -0.364. The van der Waals surface area contributed by atoms with Gasteiger partial charge in [-0.2, -0.15) is 5.26 Å². The molecule has 0 aromatic heterocycles. The lowest BCUT2D eigenvalue weighted by Crippen LogP contribution is -2.13. The summed E-state index contributed by atoms with van der Waals surface area (Å²) < 4.78 is 0. The van der Waals surface area contributed by atoms with Gasteiger partial charge in [0.1, 0.15) is 0 Å². The van der Waals surface area contributed by atoms with E-state index >= 15 is 0 Å². The van der Waals surface area contributed by atoms with Gasteiger partial charge in [0.15, 0.2) is 0 Å². The van der Waals surface area contributed by atoms with Crippen molar-refractivity contribution in [1.29, 1.82) is 5.26 Å². The van der Waals surface area contributed by atoms with Crippen molar-refractivity contribution >= 4 is 28.9 Å². The maximum absolute atomic E-state index is 12.1. The van der Waals surface area contributed by atoms with E-state index in [4.69, 9.17) is 22.6 Å². The highest BCUT2D eigenvalue weighted by Crippen LogP contribution is 2.28. The molecule has 0 spiro atoms. The normalized spacial score (nSPS) is 9.68. The van der Waals surface area contributed by atoms with Crippen LogP contribution in [0.5, 0.6) is 0 Å². The number of hydrogen-bond acceptors (Lipinski definition) is 3. The Bertz CT molecular complexity index is 656. The molecule has 4 nitrogen and oxygen atoms in total. The van der Waals surface area contributed by atoms with E-state index in [9.17, 15) is 4.79 Å². The van der Waals surface area contributed by atoms with Gasteiger partial charge in [0.25, 0.3) is 5.91 Å². The highest BCUT2D eigenvalue weighted by atomic mass is 35.5. The second-order valence-corrected chi connectivity index (χ2v) is 4.26. The van der Waals surface area contributed by atoms with Crippen LogP contribution in [0.15, 0.2) is 42.5 Å². The molecule has 0 fully saturated rings. The zero-order chi connectivity index (χ0) is 13.8. The Hall–Kier alpha value is -2.51. The third kappa shape index (κ3) is 2.84. The minimum absolute atomic E-state index is 0.364. The summed E-state index contributed by atoms with van der Waals surface area (Å²) in [6.45, 7) is 0. The average molecular weight is 272 g/mol. The molecule has 0 saturated heterocycles. The zero-order valence-electron chi connectivity index (χ0n) is 9.85. The predicted molar refractivity (Wildman–Crippen MR) is 75.0 cm³/mol. The first kappa shape index (κ1) is 12.9. The molecule has 2 aromatic rings. The van der Waals surface area contributed by atoms with Gasteiger partial charge >= 0.3 is 0 Å². The summed E-state index contributed by atoms with van der Waals surface area (Å²) in [5, 5.41) is 11.8. The number of benzene rings is 2. The summed E-state index contributed by atoms with van der Waals surface area (Å²) in [5.74, 6) is -0.364. The van der Waals surface area contributed by atoms with Crippen LogP contribution in [0.25, 0.3) is 0 Å². The average Bonchev–Trinajstić information content (AvgIpc) is 2.43. The lowest BCUT2D eigenvalue weighted by molar-refractivity contribution is 0.102. The summed E-state index contributed by atoms with van der Waals surface area (Å²) in [4.78, 5) is 12.1. The monoisotopic (exact) mass is 271 g/mol. The van der Waals surface area contributed by atoms with E-state index in [-0.39, 0.29) is 5.91 Å². The molecule has 5 heteroatoms. The summed E-state index contributed by atoms with van der Waals surface area (Å²) in [5.41, 5.74) is 7.30. The second kappa shape index (κ2) is 5.42. The molecule has 94 valence electrons. The molecule has 0 bridgehead atoms. The third-order valence-electron chi connectivity index (χ3n) is 2.54. The van der Waals surface area contributed by atoms with E-state index in [1.807, 2.05) is 6.07 Å². The molecule has 0 saturated carbocycles. The fourth-order valence-electron chi connectivity index (χ4n) is 1.59.